The topological polar surface area (TPSA) is 70.7 Å². The van der Waals surface area contributed by atoms with Gasteiger partial charge in [0, 0.05) is 12.5 Å². The molecule has 1 saturated carbocycles. The summed E-state index contributed by atoms with van der Waals surface area (Å²) in [6.45, 7) is 2.04. The third-order valence-electron chi connectivity index (χ3n) is 3.95. The molecule has 1 aliphatic rings. The van der Waals surface area contributed by atoms with Crippen LogP contribution in [0.25, 0.3) is 0 Å². The molecule has 3 rings (SSSR count). The lowest BCUT2D eigenvalue weighted by atomic mass is 10.1. The number of hydrogen-bond donors (Lipinski definition) is 2. The molecule has 0 unspecified atom stereocenters. The Morgan fingerprint density at radius 3 is 2.57 bits per heavy atom. The van der Waals surface area contributed by atoms with E-state index in [2.05, 4.69) is 20.5 Å². The first-order chi connectivity index (χ1) is 10.2. The molecule has 1 heterocycles. The van der Waals surface area contributed by atoms with Gasteiger partial charge in [-0.05, 0) is 25.3 Å². The summed E-state index contributed by atoms with van der Waals surface area (Å²) in [4.78, 5) is 14.9. The fourth-order valence-electron chi connectivity index (χ4n) is 2.70. The van der Waals surface area contributed by atoms with Gasteiger partial charge in [-0.25, -0.2) is 0 Å². The third-order valence-corrected chi connectivity index (χ3v) is 3.95. The number of aromatic nitrogens is 3. The molecule has 0 atom stereocenters. The van der Waals surface area contributed by atoms with Crippen LogP contribution in [0.4, 0.5) is 5.95 Å². The summed E-state index contributed by atoms with van der Waals surface area (Å²) in [7, 11) is 0. The Morgan fingerprint density at radius 2 is 1.90 bits per heavy atom. The van der Waals surface area contributed by atoms with Crippen LogP contribution in [0, 0.1) is 6.92 Å². The van der Waals surface area contributed by atoms with Gasteiger partial charge in [-0.1, -0.05) is 42.7 Å². The van der Waals surface area contributed by atoms with E-state index in [1.807, 2.05) is 31.2 Å². The van der Waals surface area contributed by atoms with Gasteiger partial charge >= 0.3 is 0 Å². The molecule has 5 nitrogen and oxygen atoms in total. The molecular formula is C16H20N4O. The predicted octanol–water partition coefficient (Wildman–Crippen LogP) is 2.42. The van der Waals surface area contributed by atoms with Crippen molar-refractivity contribution in [3.63, 3.8) is 0 Å². The van der Waals surface area contributed by atoms with Gasteiger partial charge in [-0.15, -0.1) is 10.2 Å². The summed E-state index contributed by atoms with van der Waals surface area (Å²) >= 11 is 0. The molecule has 5 heteroatoms. The molecule has 0 amide bonds. The molecule has 2 aromatic rings. The molecule has 0 spiro atoms. The number of nitrogens with zero attached hydrogens (tertiary/aromatic N) is 2. The van der Waals surface area contributed by atoms with Gasteiger partial charge in [0.1, 0.15) is 5.69 Å². The van der Waals surface area contributed by atoms with Crippen LogP contribution in [0.2, 0.25) is 0 Å². The second kappa shape index (κ2) is 6.08. The van der Waals surface area contributed by atoms with Gasteiger partial charge in [0.2, 0.25) is 5.95 Å². The summed E-state index contributed by atoms with van der Waals surface area (Å²) in [6.07, 6.45) is 5.25. The highest BCUT2D eigenvalue weighted by molar-refractivity contribution is 5.27. The van der Waals surface area contributed by atoms with E-state index in [1.54, 1.807) is 0 Å². The standard InChI is InChI=1S/C16H20N4O/c1-11-6-8-12(9-7-11)10-14-15(21)18-16(20-19-14)17-13-4-2-3-5-13/h6-9,13H,2-5,10H2,1H3,(H2,17,18,20,21). The molecule has 0 saturated heterocycles. The molecule has 0 bridgehead atoms. The Labute approximate surface area is 123 Å². The number of nitrogens with one attached hydrogen (secondary N) is 2. The summed E-state index contributed by atoms with van der Waals surface area (Å²) in [6, 6.07) is 8.51. The van der Waals surface area contributed by atoms with E-state index in [-0.39, 0.29) is 5.56 Å². The minimum Gasteiger partial charge on any atom is -0.352 e. The summed E-state index contributed by atoms with van der Waals surface area (Å²) < 4.78 is 0. The van der Waals surface area contributed by atoms with Gasteiger partial charge in [-0.2, -0.15) is 0 Å². The highest BCUT2D eigenvalue weighted by atomic mass is 16.1. The molecule has 1 fully saturated rings. The fourth-order valence-corrected chi connectivity index (χ4v) is 2.70. The summed E-state index contributed by atoms with van der Waals surface area (Å²) in [5.41, 5.74) is 2.56. The average Bonchev–Trinajstić information content (AvgIpc) is 2.97. The van der Waals surface area contributed by atoms with E-state index in [4.69, 9.17) is 0 Å². The van der Waals surface area contributed by atoms with Crippen molar-refractivity contribution in [1.29, 1.82) is 0 Å². The number of aromatic amines is 1. The van der Waals surface area contributed by atoms with E-state index in [0.717, 1.165) is 18.4 Å². The molecule has 1 aromatic carbocycles. The smallest absolute Gasteiger partial charge is 0.274 e. The van der Waals surface area contributed by atoms with Crippen molar-refractivity contribution >= 4 is 5.95 Å². The first-order valence-corrected chi connectivity index (χ1v) is 7.48. The largest absolute Gasteiger partial charge is 0.352 e. The maximum absolute atomic E-state index is 12.1. The number of aryl methyl sites for hydroxylation is 1. The Kier molecular flexibility index (Phi) is 3.99. The Morgan fingerprint density at radius 1 is 1.19 bits per heavy atom. The van der Waals surface area contributed by atoms with Crippen molar-refractivity contribution in [1.82, 2.24) is 15.2 Å². The van der Waals surface area contributed by atoms with Gasteiger partial charge < -0.3 is 5.32 Å². The summed E-state index contributed by atoms with van der Waals surface area (Å²) in [5, 5.41) is 11.4. The number of hydrogen-bond acceptors (Lipinski definition) is 4. The van der Waals surface area contributed by atoms with Crippen molar-refractivity contribution in [2.45, 2.75) is 45.1 Å². The van der Waals surface area contributed by atoms with Crippen LogP contribution in [0.5, 0.6) is 0 Å². The third kappa shape index (κ3) is 3.48. The van der Waals surface area contributed by atoms with Crippen molar-refractivity contribution in [2.75, 3.05) is 5.32 Å². The van der Waals surface area contributed by atoms with Crippen LogP contribution in [0.3, 0.4) is 0 Å². The van der Waals surface area contributed by atoms with Crippen LogP contribution >= 0.6 is 0 Å². The van der Waals surface area contributed by atoms with Crippen molar-refractivity contribution in [3.05, 3.63) is 51.4 Å². The molecule has 1 aliphatic carbocycles. The van der Waals surface area contributed by atoms with Crippen LogP contribution < -0.4 is 10.9 Å². The first-order valence-electron chi connectivity index (χ1n) is 7.48. The summed E-state index contributed by atoms with van der Waals surface area (Å²) in [5.74, 6) is 0.486. The zero-order valence-corrected chi connectivity index (χ0v) is 12.2. The second-order valence-corrected chi connectivity index (χ2v) is 5.74. The lowest BCUT2D eigenvalue weighted by Crippen LogP contribution is -2.23. The maximum atomic E-state index is 12.1. The van der Waals surface area contributed by atoms with Crippen molar-refractivity contribution < 1.29 is 0 Å². The molecular weight excluding hydrogens is 264 g/mol. The van der Waals surface area contributed by atoms with Crippen LogP contribution in [-0.2, 0) is 6.42 Å². The average molecular weight is 284 g/mol. The van der Waals surface area contributed by atoms with Gasteiger partial charge in [0.15, 0.2) is 0 Å². The molecule has 21 heavy (non-hydrogen) atoms. The van der Waals surface area contributed by atoms with E-state index in [1.165, 1.54) is 18.4 Å². The van der Waals surface area contributed by atoms with E-state index >= 15 is 0 Å². The minimum absolute atomic E-state index is 0.161. The van der Waals surface area contributed by atoms with Gasteiger partial charge in [-0.3, -0.25) is 9.78 Å². The normalized spacial score (nSPS) is 15.3. The maximum Gasteiger partial charge on any atom is 0.274 e. The SMILES string of the molecule is Cc1ccc(Cc2nnc(NC3CCCC3)[nH]c2=O)cc1. The van der Waals surface area contributed by atoms with E-state index in [9.17, 15) is 4.79 Å². The highest BCUT2D eigenvalue weighted by Gasteiger charge is 2.16. The quantitative estimate of drug-likeness (QED) is 0.904. The lowest BCUT2D eigenvalue weighted by molar-refractivity contribution is 0.731. The highest BCUT2D eigenvalue weighted by Crippen LogP contribution is 2.20. The number of H-pyrrole nitrogens is 1. The van der Waals surface area contributed by atoms with Crippen LogP contribution in [0.15, 0.2) is 29.1 Å². The monoisotopic (exact) mass is 284 g/mol. The number of rotatable bonds is 4. The van der Waals surface area contributed by atoms with E-state index in [0.29, 0.717) is 24.1 Å². The lowest BCUT2D eigenvalue weighted by Gasteiger charge is -2.11. The van der Waals surface area contributed by atoms with Crippen molar-refractivity contribution in [2.24, 2.45) is 0 Å². The van der Waals surface area contributed by atoms with Crippen LogP contribution in [0.1, 0.15) is 42.5 Å². The van der Waals surface area contributed by atoms with Gasteiger partial charge in [0.25, 0.3) is 5.56 Å². The fraction of sp³-hybridized carbons (Fsp3) is 0.438. The number of anilines is 1. The first kappa shape index (κ1) is 13.8. The molecule has 1 aromatic heterocycles. The van der Waals surface area contributed by atoms with Crippen molar-refractivity contribution in [3.8, 4) is 0 Å². The van der Waals surface area contributed by atoms with Gasteiger partial charge in [0.05, 0.1) is 0 Å². The molecule has 0 radical (unpaired) electrons. The Hall–Kier alpha value is -2.17. The molecule has 2 N–H and O–H groups in total. The zero-order chi connectivity index (χ0) is 14.7. The Bertz CT molecular complexity index is 657. The van der Waals surface area contributed by atoms with Crippen LogP contribution in [-0.4, -0.2) is 21.2 Å². The predicted molar refractivity (Wildman–Crippen MR) is 82.5 cm³/mol. The van der Waals surface area contributed by atoms with E-state index < -0.39 is 0 Å². The Balaban J connectivity index is 1.71. The molecule has 110 valence electrons. The molecule has 0 aliphatic heterocycles. The minimum atomic E-state index is -0.161. The zero-order valence-electron chi connectivity index (χ0n) is 12.2. The number of benzene rings is 1. The second-order valence-electron chi connectivity index (χ2n) is 5.74.